The van der Waals surface area contributed by atoms with Crippen LogP contribution in [0, 0.1) is 17.7 Å². The molecule has 0 unspecified atom stereocenters. The van der Waals surface area contributed by atoms with E-state index in [1.165, 1.54) is 31.2 Å². The Kier molecular flexibility index (Phi) is 12.0. The number of nitrogens with two attached hydrogens (primary N) is 1. The van der Waals surface area contributed by atoms with Gasteiger partial charge in [0, 0.05) is 5.92 Å². The maximum atomic E-state index is 13.3. The number of alkyl halides is 6. The molecule has 0 bridgehead atoms. The number of benzene rings is 2. The van der Waals surface area contributed by atoms with Crippen LogP contribution < -0.4 is 5.73 Å². The third-order valence-electron chi connectivity index (χ3n) is 5.51. The van der Waals surface area contributed by atoms with E-state index in [2.05, 4.69) is 6.58 Å². The zero-order chi connectivity index (χ0) is 29.3. The molecule has 0 aromatic heterocycles. The van der Waals surface area contributed by atoms with Crippen molar-refractivity contribution in [3.05, 3.63) is 83.7 Å². The molecule has 5 nitrogen and oxygen atoms in total. The third-order valence-corrected chi connectivity index (χ3v) is 5.51. The van der Waals surface area contributed by atoms with E-state index in [4.69, 9.17) is 20.4 Å². The van der Waals surface area contributed by atoms with Crippen LogP contribution >= 0.6 is 0 Å². The monoisotopic (exact) mass is 551 g/mol. The van der Waals surface area contributed by atoms with Gasteiger partial charge >= 0.3 is 24.3 Å². The molecule has 0 radical (unpaired) electrons. The molecule has 2 rings (SSSR count). The third kappa shape index (κ3) is 10.9. The molecule has 0 fully saturated rings. The van der Waals surface area contributed by atoms with Crippen molar-refractivity contribution in [3.63, 3.8) is 0 Å². The number of carbonyl (C=O) groups is 2. The van der Waals surface area contributed by atoms with E-state index in [9.17, 15) is 35.5 Å². The smallest absolute Gasteiger partial charge is 0.475 e. The molecule has 2 aromatic carbocycles. The average molecular weight is 551 g/mol. The molecule has 210 valence electrons. The zero-order valence-corrected chi connectivity index (χ0v) is 20.5. The lowest BCUT2D eigenvalue weighted by molar-refractivity contribution is -0.192. The van der Waals surface area contributed by atoms with Crippen molar-refractivity contribution in [1.29, 1.82) is 0 Å². The maximum Gasteiger partial charge on any atom is 0.490 e. The standard InChI is InChI=1S/C24H27F4NO2.C2HF3O2/c1-4-19(13-17-5-9-20(10-6-17)24(26,27)28)22(16(3)31-23(30)15(2)29)14-18-7-11-21(25)12-8-18;3-2(4,5)1(6)7/h4-12,15-16,19,22H,1,13-14,29H2,2-3H3;(H,6,7)/t15-,16-,19+,22-;/m0./s1. The first kappa shape index (κ1) is 32.6. The molecule has 4 atom stereocenters. The number of aliphatic carboxylic acids is 1. The van der Waals surface area contributed by atoms with Gasteiger partial charge in [0.15, 0.2) is 0 Å². The second-order valence-corrected chi connectivity index (χ2v) is 8.53. The summed E-state index contributed by atoms with van der Waals surface area (Å²) in [7, 11) is 0. The van der Waals surface area contributed by atoms with E-state index >= 15 is 0 Å². The van der Waals surface area contributed by atoms with Crippen molar-refractivity contribution in [2.45, 2.75) is 51.2 Å². The summed E-state index contributed by atoms with van der Waals surface area (Å²) in [5.74, 6) is -4.12. The van der Waals surface area contributed by atoms with Gasteiger partial charge in [0.25, 0.3) is 0 Å². The molecule has 0 amide bonds. The van der Waals surface area contributed by atoms with Crippen LogP contribution in [0.1, 0.15) is 30.5 Å². The normalized spacial score (nSPS) is 14.8. The highest BCUT2D eigenvalue weighted by Crippen LogP contribution is 2.31. The summed E-state index contributed by atoms with van der Waals surface area (Å²) in [6.07, 6.45) is -7.44. The Labute approximate surface area is 215 Å². The van der Waals surface area contributed by atoms with Crippen LogP contribution in [0.15, 0.2) is 61.2 Å². The van der Waals surface area contributed by atoms with E-state index in [0.29, 0.717) is 18.4 Å². The van der Waals surface area contributed by atoms with E-state index in [-0.39, 0.29) is 17.7 Å². The fraction of sp³-hybridized carbons (Fsp3) is 0.385. The average Bonchev–Trinajstić information content (AvgIpc) is 2.81. The molecule has 0 aliphatic carbocycles. The predicted molar refractivity (Wildman–Crippen MR) is 125 cm³/mol. The van der Waals surface area contributed by atoms with Gasteiger partial charge in [0.05, 0.1) is 5.56 Å². The first-order valence-electron chi connectivity index (χ1n) is 11.2. The molecular weight excluding hydrogens is 523 g/mol. The molecule has 12 heteroatoms. The Morgan fingerprint density at radius 3 is 1.79 bits per heavy atom. The van der Waals surface area contributed by atoms with Crippen LogP contribution in [-0.2, 0) is 33.3 Å². The molecule has 0 saturated heterocycles. The van der Waals surface area contributed by atoms with Crippen molar-refractivity contribution in [3.8, 4) is 0 Å². The molecule has 0 spiro atoms. The highest BCUT2D eigenvalue weighted by molar-refractivity contribution is 5.75. The number of allylic oxidation sites excluding steroid dienone is 1. The first-order chi connectivity index (χ1) is 17.4. The van der Waals surface area contributed by atoms with Gasteiger partial charge in [-0.2, -0.15) is 26.3 Å². The van der Waals surface area contributed by atoms with Gasteiger partial charge in [-0.15, -0.1) is 6.58 Å². The largest absolute Gasteiger partial charge is 0.490 e. The first-order valence-corrected chi connectivity index (χ1v) is 11.2. The van der Waals surface area contributed by atoms with Gasteiger partial charge in [-0.3, -0.25) is 4.79 Å². The molecule has 0 aliphatic heterocycles. The molecule has 2 aromatic rings. The van der Waals surface area contributed by atoms with E-state index in [1.54, 1.807) is 25.1 Å². The summed E-state index contributed by atoms with van der Waals surface area (Å²) in [5, 5.41) is 7.12. The molecule has 0 heterocycles. The number of carbonyl (C=O) groups excluding carboxylic acids is 1. The number of ether oxygens (including phenoxy) is 1. The van der Waals surface area contributed by atoms with Gasteiger partial charge < -0.3 is 15.6 Å². The Bertz CT molecular complexity index is 1050. The highest BCUT2D eigenvalue weighted by atomic mass is 19.4. The minimum Gasteiger partial charge on any atom is -0.475 e. The number of hydrogen-bond donors (Lipinski definition) is 2. The van der Waals surface area contributed by atoms with Crippen molar-refractivity contribution >= 4 is 11.9 Å². The second kappa shape index (κ2) is 13.9. The van der Waals surface area contributed by atoms with Crippen LogP contribution in [0.5, 0.6) is 0 Å². The Hall–Kier alpha value is -3.41. The van der Waals surface area contributed by atoms with E-state index < -0.39 is 42.0 Å². The summed E-state index contributed by atoms with van der Waals surface area (Å²) in [4.78, 5) is 20.9. The summed E-state index contributed by atoms with van der Waals surface area (Å²) in [6, 6.07) is 10.2. The van der Waals surface area contributed by atoms with Gasteiger partial charge in [-0.1, -0.05) is 30.3 Å². The topological polar surface area (TPSA) is 89.6 Å². The van der Waals surface area contributed by atoms with Gasteiger partial charge in [-0.05, 0) is 68.0 Å². The summed E-state index contributed by atoms with van der Waals surface area (Å²) in [6.45, 7) is 7.15. The summed E-state index contributed by atoms with van der Waals surface area (Å²) >= 11 is 0. The lowest BCUT2D eigenvalue weighted by Gasteiger charge is -2.31. The van der Waals surface area contributed by atoms with Crippen molar-refractivity contribution in [1.82, 2.24) is 0 Å². The van der Waals surface area contributed by atoms with Crippen LogP contribution in [-0.4, -0.2) is 35.4 Å². The van der Waals surface area contributed by atoms with Crippen LogP contribution in [0.2, 0.25) is 0 Å². The van der Waals surface area contributed by atoms with Gasteiger partial charge in [-0.25, -0.2) is 9.18 Å². The van der Waals surface area contributed by atoms with Gasteiger partial charge in [0.1, 0.15) is 18.0 Å². The van der Waals surface area contributed by atoms with Crippen LogP contribution in [0.25, 0.3) is 0 Å². The SMILES string of the molecule is C=C[C@H](Cc1ccc(C(F)(F)F)cc1)[C@@H](Cc1ccc(F)cc1)[C@H](C)OC(=O)[C@H](C)N.O=C(O)C(F)(F)F. The minimum atomic E-state index is -5.08. The molecule has 3 N–H and O–H groups in total. The highest BCUT2D eigenvalue weighted by Gasteiger charge is 2.38. The lowest BCUT2D eigenvalue weighted by atomic mass is 9.79. The second-order valence-electron chi connectivity index (χ2n) is 8.53. The number of rotatable bonds is 9. The predicted octanol–water partition coefficient (Wildman–Crippen LogP) is 5.96. The number of halogens is 7. The molecule has 0 saturated carbocycles. The van der Waals surface area contributed by atoms with E-state index in [1.807, 2.05) is 0 Å². The summed E-state index contributed by atoms with van der Waals surface area (Å²) < 4.78 is 89.1. The number of carboxylic acid groups (broad SMARTS) is 1. The van der Waals surface area contributed by atoms with Crippen LogP contribution in [0.3, 0.4) is 0 Å². The van der Waals surface area contributed by atoms with Crippen molar-refractivity contribution in [2.24, 2.45) is 17.6 Å². The van der Waals surface area contributed by atoms with Gasteiger partial charge in [0.2, 0.25) is 0 Å². The van der Waals surface area contributed by atoms with Crippen LogP contribution in [0.4, 0.5) is 30.7 Å². The van der Waals surface area contributed by atoms with E-state index in [0.717, 1.165) is 17.7 Å². The Balaban J connectivity index is 0.000000905. The zero-order valence-electron chi connectivity index (χ0n) is 20.5. The summed E-state index contributed by atoms with van der Waals surface area (Å²) in [5.41, 5.74) is 6.44. The Morgan fingerprint density at radius 2 is 1.39 bits per heavy atom. The molecule has 38 heavy (non-hydrogen) atoms. The molecular formula is C26H28F7NO4. The quantitative estimate of drug-likeness (QED) is 0.228. The minimum absolute atomic E-state index is 0.210. The lowest BCUT2D eigenvalue weighted by Crippen LogP contribution is -2.37. The fourth-order valence-corrected chi connectivity index (χ4v) is 3.45. The van der Waals surface area contributed by atoms with Crippen molar-refractivity contribution < 1.29 is 50.2 Å². The van der Waals surface area contributed by atoms with Crippen molar-refractivity contribution in [2.75, 3.05) is 0 Å². The fourth-order valence-electron chi connectivity index (χ4n) is 3.45. The molecule has 0 aliphatic rings. The Morgan fingerprint density at radius 1 is 0.947 bits per heavy atom. The number of hydrogen-bond acceptors (Lipinski definition) is 4. The number of carboxylic acids is 1. The maximum absolute atomic E-state index is 13.3. The number of esters is 1.